The fourth-order valence-corrected chi connectivity index (χ4v) is 2.80. The Labute approximate surface area is 201 Å². The summed E-state index contributed by atoms with van der Waals surface area (Å²) in [4.78, 5) is 63.4. The fraction of sp³-hybridized carbons (Fsp3) is 0.684. The maximum Gasteiger partial charge on any atom is 0.326 e. The maximum absolute atomic E-state index is 12.6. The topological polar surface area (TPSA) is 299 Å². The predicted molar refractivity (Wildman–Crippen MR) is 124 cm³/mol. The highest BCUT2D eigenvalue weighted by atomic mass is 16.4. The zero-order valence-corrected chi connectivity index (χ0v) is 19.3. The van der Waals surface area contributed by atoms with Crippen molar-refractivity contribution in [2.45, 2.75) is 62.7 Å². The van der Waals surface area contributed by atoms with Crippen molar-refractivity contribution in [1.29, 1.82) is 0 Å². The Bertz CT molecular complexity index is 759. The van der Waals surface area contributed by atoms with E-state index >= 15 is 0 Å². The number of carboxylic acid groups (broad SMARTS) is 2. The van der Waals surface area contributed by atoms with Gasteiger partial charge in [-0.05, 0) is 38.6 Å². The van der Waals surface area contributed by atoms with Gasteiger partial charge in [0.15, 0.2) is 5.96 Å². The molecule has 14 N–H and O–H groups in total. The molecule has 16 nitrogen and oxygen atoms in total. The van der Waals surface area contributed by atoms with Crippen LogP contribution >= 0.6 is 0 Å². The number of nitrogens with zero attached hydrogens (tertiary/aromatic N) is 1. The molecule has 200 valence electrons. The molecule has 0 aliphatic heterocycles. The summed E-state index contributed by atoms with van der Waals surface area (Å²) >= 11 is 0. The molecule has 0 saturated carbocycles. The summed E-state index contributed by atoms with van der Waals surface area (Å²) in [6.07, 6.45) is 0.611. The number of carbonyl (C=O) groups excluding carboxylic acids is 3. The number of carboxylic acids is 2. The molecule has 3 amide bonds. The Balaban J connectivity index is 5.19. The molecule has 35 heavy (non-hydrogen) atoms. The van der Waals surface area contributed by atoms with Gasteiger partial charge in [0.25, 0.3) is 0 Å². The van der Waals surface area contributed by atoms with E-state index in [4.69, 9.17) is 33.1 Å². The lowest BCUT2D eigenvalue weighted by Gasteiger charge is -2.24. The van der Waals surface area contributed by atoms with E-state index in [1.54, 1.807) is 0 Å². The molecule has 16 heteroatoms. The van der Waals surface area contributed by atoms with Crippen molar-refractivity contribution in [3.05, 3.63) is 0 Å². The summed E-state index contributed by atoms with van der Waals surface area (Å²) in [5.74, 6) is -5.72. The van der Waals surface area contributed by atoms with Gasteiger partial charge in [-0.15, -0.1) is 0 Å². The summed E-state index contributed by atoms with van der Waals surface area (Å²) in [5, 5.41) is 34.2. The molecule has 0 saturated heterocycles. The molecule has 0 aromatic carbocycles. The molecule has 0 radical (unpaired) electrons. The number of amides is 3. The Morgan fingerprint density at radius 3 is 1.89 bits per heavy atom. The van der Waals surface area contributed by atoms with Crippen LogP contribution in [0.25, 0.3) is 0 Å². The van der Waals surface area contributed by atoms with Gasteiger partial charge in [-0.3, -0.25) is 24.2 Å². The van der Waals surface area contributed by atoms with Gasteiger partial charge in [-0.2, -0.15) is 0 Å². The number of aliphatic carboxylic acids is 2. The molecule has 0 aliphatic rings. The van der Waals surface area contributed by atoms with E-state index in [0.717, 1.165) is 0 Å². The molecule has 0 rings (SSSR count). The minimum absolute atomic E-state index is 0.0462. The van der Waals surface area contributed by atoms with Gasteiger partial charge in [-0.1, -0.05) is 0 Å². The normalized spacial score (nSPS) is 14.0. The molecule has 0 heterocycles. The number of aliphatic imine (C=N–C) groups is 1. The van der Waals surface area contributed by atoms with Gasteiger partial charge >= 0.3 is 11.9 Å². The Hall–Kier alpha value is -3.50. The van der Waals surface area contributed by atoms with Gasteiger partial charge in [0, 0.05) is 6.54 Å². The van der Waals surface area contributed by atoms with Crippen LogP contribution in [0, 0.1) is 0 Å². The van der Waals surface area contributed by atoms with Gasteiger partial charge < -0.3 is 54.2 Å². The first-order valence-corrected chi connectivity index (χ1v) is 10.9. The Morgan fingerprint density at radius 2 is 1.37 bits per heavy atom. The summed E-state index contributed by atoms with van der Waals surface area (Å²) in [5.41, 5.74) is 21.6. The van der Waals surface area contributed by atoms with Crippen molar-refractivity contribution in [3.8, 4) is 0 Å². The van der Waals surface area contributed by atoms with Gasteiger partial charge in [0.05, 0.1) is 19.1 Å². The molecular formula is C19H36N8O8. The van der Waals surface area contributed by atoms with Crippen LogP contribution in [-0.2, 0) is 24.0 Å². The zero-order valence-electron chi connectivity index (χ0n) is 19.3. The number of carbonyl (C=O) groups is 5. The number of nitrogens with one attached hydrogen (secondary N) is 3. The van der Waals surface area contributed by atoms with E-state index in [2.05, 4.69) is 20.9 Å². The number of unbranched alkanes of at least 4 members (excludes halogenated alkanes) is 1. The predicted octanol–water partition coefficient (Wildman–Crippen LogP) is -4.50. The van der Waals surface area contributed by atoms with Crippen molar-refractivity contribution in [1.82, 2.24) is 16.0 Å². The second kappa shape index (κ2) is 17.0. The molecule has 0 spiro atoms. The van der Waals surface area contributed by atoms with Crippen LogP contribution in [0.2, 0.25) is 0 Å². The molecule has 0 aromatic rings. The largest absolute Gasteiger partial charge is 0.481 e. The number of aliphatic hydroxyl groups is 1. The highest BCUT2D eigenvalue weighted by Crippen LogP contribution is 2.04. The third-order valence-electron chi connectivity index (χ3n) is 4.69. The van der Waals surface area contributed by atoms with Crippen molar-refractivity contribution in [2.75, 3.05) is 19.7 Å². The second-order valence-corrected chi connectivity index (χ2v) is 7.64. The number of rotatable bonds is 18. The Morgan fingerprint density at radius 1 is 0.800 bits per heavy atom. The first kappa shape index (κ1) is 31.5. The lowest BCUT2D eigenvalue weighted by atomic mass is 10.1. The first-order valence-electron chi connectivity index (χ1n) is 10.9. The van der Waals surface area contributed by atoms with Gasteiger partial charge in [0.1, 0.15) is 18.1 Å². The Kier molecular flexibility index (Phi) is 15.3. The molecule has 0 aliphatic carbocycles. The average molecular weight is 505 g/mol. The minimum atomic E-state index is -1.72. The molecule has 0 aromatic heterocycles. The average Bonchev–Trinajstić information content (AvgIpc) is 2.78. The number of aliphatic hydroxyl groups excluding tert-OH is 1. The van der Waals surface area contributed by atoms with E-state index in [0.29, 0.717) is 25.8 Å². The van der Waals surface area contributed by atoms with Crippen LogP contribution in [0.1, 0.15) is 38.5 Å². The first-order chi connectivity index (χ1) is 16.4. The molecule has 0 fully saturated rings. The number of nitrogens with two attached hydrogens (primary N) is 4. The minimum Gasteiger partial charge on any atom is -0.481 e. The van der Waals surface area contributed by atoms with E-state index in [1.165, 1.54) is 0 Å². The van der Waals surface area contributed by atoms with Gasteiger partial charge in [0.2, 0.25) is 17.7 Å². The van der Waals surface area contributed by atoms with Crippen LogP contribution in [0.3, 0.4) is 0 Å². The number of hydrogen-bond acceptors (Lipinski definition) is 9. The summed E-state index contributed by atoms with van der Waals surface area (Å²) < 4.78 is 0. The van der Waals surface area contributed by atoms with Crippen LogP contribution in [-0.4, -0.2) is 94.8 Å². The lowest BCUT2D eigenvalue weighted by molar-refractivity contribution is -0.147. The third-order valence-corrected chi connectivity index (χ3v) is 4.69. The van der Waals surface area contributed by atoms with Crippen molar-refractivity contribution >= 4 is 35.6 Å². The third kappa shape index (κ3) is 13.7. The van der Waals surface area contributed by atoms with Crippen LogP contribution in [0.4, 0.5) is 0 Å². The molecule has 4 unspecified atom stereocenters. The molecule has 0 bridgehead atoms. The quantitative estimate of drug-likeness (QED) is 0.0480. The number of guanidine groups is 1. The molecular weight excluding hydrogens is 468 g/mol. The van der Waals surface area contributed by atoms with E-state index < -0.39 is 66.9 Å². The summed E-state index contributed by atoms with van der Waals surface area (Å²) in [7, 11) is 0. The zero-order chi connectivity index (χ0) is 27.0. The van der Waals surface area contributed by atoms with Crippen molar-refractivity contribution in [2.24, 2.45) is 27.9 Å². The fourth-order valence-electron chi connectivity index (χ4n) is 2.80. The highest BCUT2D eigenvalue weighted by molar-refractivity contribution is 5.94. The van der Waals surface area contributed by atoms with Crippen molar-refractivity contribution in [3.63, 3.8) is 0 Å². The van der Waals surface area contributed by atoms with E-state index in [-0.39, 0.29) is 25.3 Å². The maximum atomic E-state index is 12.6. The lowest BCUT2D eigenvalue weighted by Crippen LogP contribution is -2.58. The van der Waals surface area contributed by atoms with Crippen molar-refractivity contribution < 1.29 is 39.3 Å². The van der Waals surface area contributed by atoms with Crippen LogP contribution in [0.5, 0.6) is 0 Å². The van der Waals surface area contributed by atoms with E-state index in [9.17, 15) is 29.1 Å². The highest BCUT2D eigenvalue weighted by Gasteiger charge is 2.30. The smallest absolute Gasteiger partial charge is 0.326 e. The second-order valence-electron chi connectivity index (χ2n) is 7.64. The van der Waals surface area contributed by atoms with E-state index in [1.807, 2.05) is 0 Å². The SMILES string of the molecule is NCCCCC(NC(=O)C(CO)NC(=O)C(N)CCCN=C(N)N)C(=O)NC(CC(=O)O)C(=O)O. The standard InChI is InChI=1S/C19H36N8O8/c20-6-2-1-5-11(16(32)26-12(18(34)35)8-14(29)30)25-17(33)13(9-28)27-15(31)10(21)4-3-7-24-19(22)23/h10-13,28H,1-9,20-21H2,(H,25,33)(H,26,32)(H,27,31)(H,29,30)(H,34,35)(H4,22,23,24). The monoisotopic (exact) mass is 504 g/mol. The summed E-state index contributed by atoms with van der Waals surface area (Å²) in [6, 6.07) is -5.48. The van der Waals surface area contributed by atoms with Crippen LogP contribution < -0.4 is 38.9 Å². The molecule has 4 atom stereocenters. The van der Waals surface area contributed by atoms with Gasteiger partial charge in [-0.25, -0.2) is 4.79 Å². The number of hydrogen-bond donors (Lipinski definition) is 10. The summed E-state index contributed by atoms with van der Waals surface area (Å²) in [6.45, 7) is -0.270. The van der Waals surface area contributed by atoms with Crippen LogP contribution in [0.15, 0.2) is 4.99 Å².